The van der Waals surface area contributed by atoms with E-state index < -0.39 is 0 Å². The molecule has 4 nitrogen and oxygen atoms in total. The van der Waals surface area contributed by atoms with Gasteiger partial charge in [0.1, 0.15) is 5.76 Å². The van der Waals surface area contributed by atoms with Crippen molar-refractivity contribution in [2.24, 2.45) is 0 Å². The van der Waals surface area contributed by atoms with Gasteiger partial charge in [-0.05, 0) is 26.2 Å². The third-order valence-corrected chi connectivity index (χ3v) is 3.18. The lowest BCUT2D eigenvalue weighted by Crippen LogP contribution is -2.28. The summed E-state index contributed by atoms with van der Waals surface area (Å²) in [5, 5.41) is 0. The summed E-state index contributed by atoms with van der Waals surface area (Å²) >= 11 is 0. The second kappa shape index (κ2) is 5.97. The summed E-state index contributed by atoms with van der Waals surface area (Å²) in [5.41, 5.74) is 0.998. The maximum Gasteiger partial charge on any atom is 0.169 e. The molecule has 0 fully saturated rings. The van der Waals surface area contributed by atoms with Crippen LogP contribution in [0, 0.1) is 0 Å². The molecule has 104 valence electrons. The summed E-state index contributed by atoms with van der Waals surface area (Å²) in [7, 11) is 7.44. The van der Waals surface area contributed by atoms with Crippen LogP contribution in [0.5, 0.6) is 11.5 Å². The summed E-state index contributed by atoms with van der Waals surface area (Å²) in [6, 6.07) is 5.86. The molecule has 0 saturated carbocycles. The maximum atomic E-state index is 6.06. The third-order valence-electron chi connectivity index (χ3n) is 3.18. The second-order valence-electron chi connectivity index (χ2n) is 4.83. The van der Waals surface area contributed by atoms with Crippen molar-refractivity contribution in [3.8, 4) is 11.5 Å². The number of hydrogen-bond acceptors (Lipinski definition) is 4. The molecule has 19 heavy (non-hydrogen) atoms. The van der Waals surface area contributed by atoms with E-state index in [9.17, 15) is 0 Å². The number of nitrogens with zero attached hydrogens (tertiary/aromatic N) is 1. The van der Waals surface area contributed by atoms with Crippen LogP contribution in [0.2, 0.25) is 0 Å². The number of fused-ring (bicyclic) bond motifs is 1. The van der Waals surface area contributed by atoms with Crippen LogP contribution in [0.3, 0.4) is 0 Å². The molecule has 4 heteroatoms. The third kappa shape index (κ3) is 3.01. The maximum absolute atomic E-state index is 6.06. The van der Waals surface area contributed by atoms with Crippen molar-refractivity contribution in [2.45, 2.75) is 12.5 Å². The second-order valence-corrected chi connectivity index (χ2v) is 4.83. The van der Waals surface area contributed by atoms with E-state index in [4.69, 9.17) is 14.2 Å². The summed E-state index contributed by atoms with van der Waals surface area (Å²) < 4.78 is 16.9. The van der Waals surface area contributed by atoms with Gasteiger partial charge in [-0.3, -0.25) is 0 Å². The molecule has 2 rings (SSSR count). The summed E-state index contributed by atoms with van der Waals surface area (Å²) in [6.07, 6.45) is 2.85. The summed E-state index contributed by atoms with van der Waals surface area (Å²) in [6.45, 7) is 0.940. The van der Waals surface area contributed by atoms with Crippen molar-refractivity contribution in [3.63, 3.8) is 0 Å². The highest BCUT2D eigenvalue weighted by Crippen LogP contribution is 2.38. The quantitative estimate of drug-likeness (QED) is 0.816. The van der Waals surface area contributed by atoms with Crippen molar-refractivity contribution in [1.82, 2.24) is 4.90 Å². The molecule has 0 N–H and O–H groups in total. The van der Waals surface area contributed by atoms with E-state index >= 15 is 0 Å². The standard InChI is InChI=1S/C15H21NO3/c1-16(2)9-8-12-14(18-4)10-11-6-5-7-13(17-3)15(11)19-12/h5-7,10,12H,8-9H2,1-4H3. The number of hydrogen-bond donors (Lipinski definition) is 0. The van der Waals surface area contributed by atoms with Crippen LogP contribution in [0.15, 0.2) is 24.0 Å². The molecular formula is C15H21NO3. The first-order valence-electron chi connectivity index (χ1n) is 6.39. The molecule has 1 atom stereocenters. The zero-order chi connectivity index (χ0) is 13.8. The Labute approximate surface area is 114 Å². The molecule has 0 aliphatic carbocycles. The van der Waals surface area contributed by atoms with Crippen LogP contribution in [-0.2, 0) is 4.74 Å². The number of para-hydroxylation sites is 1. The zero-order valence-electron chi connectivity index (χ0n) is 12.0. The molecule has 0 amide bonds. The first kappa shape index (κ1) is 13.7. The molecule has 0 aromatic heterocycles. The van der Waals surface area contributed by atoms with Gasteiger partial charge in [-0.1, -0.05) is 12.1 Å². The van der Waals surface area contributed by atoms with E-state index in [0.29, 0.717) is 0 Å². The highest BCUT2D eigenvalue weighted by Gasteiger charge is 2.25. The van der Waals surface area contributed by atoms with Crippen molar-refractivity contribution in [3.05, 3.63) is 29.5 Å². The van der Waals surface area contributed by atoms with Crippen molar-refractivity contribution in [1.29, 1.82) is 0 Å². The molecule has 0 bridgehead atoms. The molecule has 1 aliphatic heterocycles. The van der Waals surface area contributed by atoms with Crippen LogP contribution < -0.4 is 9.47 Å². The van der Waals surface area contributed by atoms with Crippen LogP contribution in [-0.4, -0.2) is 45.9 Å². The zero-order valence-corrected chi connectivity index (χ0v) is 12.0. The van der Waals surface area contributed by atoms with Gasteiger partial charge in [0.15, 0.2) is 17.6 Å². The number of ether oxygens (including phenoxy) is 3. The van der Waals surface area contributed by atoms with E-state index in [-0.39, 0.29) is 6.10 Å². The van der Waals surface area contributed by atoms with Crippen molar-refractivity contribution >= 4 is 6.08 Å². The highest BCUT2D eigenvalue weighted by molar-refractivity contribution is 5.66. The smallest absolute Gasteiger partial charge is 0.169 e. The molecule has 1 aromatic rings. The predicted molar refractivity (Wildman–Crippen MR) is 75.6 cm³/mol. The Kier molecular flexibility index (Phi) is 4.32. The predicted octanol–water partition coefficient (Wildman–Crippen LogP) is 2.40. The van der Waals surface area contributed by atoms with Gasteiger partial charge < -0.3 is 19.1 Å². The van der Waals surface area contributed by atoms with Gasteiger partial charge in [-0.2, -0.15) is 0 Å². The topological polar surface area (TPSA) is 30.9 Å². The van der Waals surface area contributed by atoms with E-state index in [1.54, 1.807) is 14.2 Å². The molecule has 1 aliphatic rings. The van der Waals surface area contributed by atoms with E-state index in [0.717, 1.165) is 35.8 Å². The van der Waals surface area contributed by atoms with E-state index in [2.05, 4.69) is 4.90 Å². The molecule has 0 saturated heterocycles. The lowest BCUT2D eigenvalue weighted by molar-refractivity contribution is 0.127. The minimum Gasteiger partial charge on any atom is -0.497 e. The minimum absolute atomic E-state index is 0.0591. The first-order valence-corrected chi connectivity index (χ1v) is 6.39. The summed E-state index contributed by atoms with van der Waals surface area (Å²) in [4.78, 5) is 2.13. The number of benzene rings is 1. The Morgan fingerprint density at radius 1 is 1.21 bits per heavy atom. The fraction of sp³-hybridized carbons (Fsp3) is 0.467. The van der Waals surface area contributed by atoms with Crippen molar-refractivity contribution < 1.29 is 14.2 Å². The van der Waals surface area contributed by atoms with E-state index in [1.807, 2.05) is 38.4 Å². The Morgan fingerprint density at radius 3 is 2.63 bits per heavy atom. The number of rotatable bonds is 5. The van der Waals surface area contributed by atoms with Gasteiger partial charge in [0.2, 0.25) is 0 Å². The van der Waals surface area contributed by atoms with Gasteiger partial charge in [0.05, 0.1) is 14.2 Å². The minimum atomic E-state index is -0.0591. The molecule has 0 radical (unpaired) electrons. The molecule has 1 aromatic carbocycles. The Morgan fingerprint density at radius 2 is 2.00 bits per heavy atom. The fourth-order valence-corrected chi connectivity index (χ4v) is 2.15. The van der Waals surface area contributed by atoms with E-state index in [1.165, 1.54) is 0 Å². The van der Waals surface area contributed by atoms with Gasteiger partial charge in [0, 0.05) is 18.5 Å². The van der Waals surface area contributed by atoms with Gasteiger partial charge in [-0.15, -0.1) is 0 Å². The highest BCUT2D eigenvalue weighted by atomic mass is 16.5. The lowest BCUT2D eigenvalue weighted by Gasteiger charge is -2.28. The van der Waals surface area contributed by atoms with Crippen LogP contribution in [0.4, 0.5) is 0 Å². The van der Waals surface area contributed by atoms with Crippen LogP contribution in [0.1, 0.15) is 12.0 Å². The van der Waals surface area contributed by atoms with Crippen LogP contribution >= 0.6 is 0 Å². The Bertz CT molecular complexity index is 468. The van der Waals surface area contributed by atoms with Gasteiger partial charge in [0.25, 0.3) is 0 Å². The SMILES string of the molecule is COC1=Cc2cccc(OC)c2OC1CCN(C)C. The van der Waals surface area contributed by atoms with Gasteiger partial charge >= 0.3 is 0 Å². The largest absolute Gasteiger partial charge is 0.497 e. The Balaban J connectivity index is 2.26. The summed E-state index contributed by atoms with van der Waals surface area (Å²) in [5.74, 6) is 2.43. The Hall–Kier alpha value is -1.68. The average Bonchev–Trinajstić information content (AvgIpc) is 2.43. The fourth-order valence-electron chi connectivity index (χ4n) is 2.15. The first-order chi connectivity index (χ1) is 9.15. The molecule has 1 unspecified atom stereocenters. The monoisotopic (exact) mass is 263 g/mol. The molecule has 0 spiro atoms. The lowest BCUT2D eigenvalue weighted by atomic mass is 10.1. The van der Waals surface area contributed by atoms with Crippen LogP contribution in [0.25, 0.3) is 6.08 Å². The molecule has 1 heterocycles. The number of methoxy groups -OCH3 is 2. The molecular weight excluding hydrogens is 242 g/mol. The van der Waals surface area contributed by atoms with Gasteiger partial charge in [-0.25, -0.2) is 0 Å². The van der Waals surface area contributed by atoms with Crippen molar-refractivity contribution in [2.75, 3.05) is 34.9 Å². The average molecular weight is 263 g/mol. The normalized spacial score (nSPS) is 17.5.